The van der Waals surface area contributed by atoms with E-state index in [1.165, 1.54) is 0 Å². The SMILES string of the molecule is CCN(CC)C(=O)CCCCCNC(=O)c1c(C)nc2ccccn12. The number of pyridine rings is 1. The van der Waals surface area contributed by atoms with Crippen molar-refractivity contribution in [3.8, 4) is 0 Å². The molecule has 6 heteroatoms. The molecule has 2 aromatic heterocycles. The van der Waals surface area contributed by atoms with Crippen LogP contribution in [0.1, 0.15) is 55.7 Å². The van der Waals surface area contributed by atoms with Gasteiger partial charge in [-0.1, -0.05) is 12.5 Å². The van der Waals surface area contributed by atoms with Gasteiger partial charge in [0, 0.05) is 32.3 Å². The zero-order valence-corrected chi connectivity index (χ0v) is 15.4. The van der Waals surface area contributed by atoms with Crippen LogP contribution in [0.2, 0.25) is 0 Å². The number of nitrogens with one attached hydrogen (secondary N) is 1. The predicted molar refractivity (Wildman–Crippen MR) is 98.7 cm³/mol. The molecule has 25 heavy (non-hydrogen) atoms. The standard InChI is InChI=1S/C19H28N4O2/c1-4-22(5-2)17(24)12-7-6-9-13-20-19(25)18-15(3)21-16-11-8-10-14-23(16)18/h8,10-11,14H,4-7,9,12-13H2,1-3H3,(H,20,25). The van der Waals surface area contributed by atoms with Crippen LogP contribution >= 0.6 is 0 Å². The molecule has 0 atom stereocenters. The van der Waals surface area contributed by atoms with E-state index in [1.54, 1.807) is 0 Å². The second-order valence-corrected chi connectivity index (χ2v) is 6.11. The Morgan fingerprint density at radius 1 is 1.16 bits per heavy atom. The molecular weight excluding hydrogens is 316 g/mol. The van der Waals surface area contributed by atoms with Crippen LogP contribution in [-0.4, -0.2) is 45.7 Å². The third kappa shape index (κ3) is 4.81. The smallest absolute Gasteiger partial charge is 0.270 e. The highest BCUT2D eigenvalue weighted by molar-refractivity contribution is 5.94. The Hall–Kier alpha value is -2.37. The summed E-state index contributed by atoms with van der Waals surface area (Å²) in [5.41, 5.74) is 2.10. The molecule has 0 radical (unpaired) electrons. The number of fused-ring (bicyclic) bond motifs is 1. The summed E-state index contributed by atoms with van der Waals surface area (Å²) in [4.78, 5) is 30.6. The normalized spacial score (nSPS) is 10.8. The first kappa shape index (κ1) is 19.0. The van der Waals surface area contributed by atoms with E-state index < -0.39 is 0 Å². The van der Waals surface area contributed by atoms with Crippen LogP contribution in [0, 0.1) is 6.92 Å². The number of hydrogen-bond acceptors (Lipinski definition) is 3. The van der Waals surface area contributed by atoms with Crippen LogP contribution in [0.5, 0.6) is 0 Å². The largest absolute Gasteiger partial charge is 0.351 e. The molecule has 0 spiro atoms. The van der Waals surface area contributed by atoms with Crippen LogP contribution in [-0.2, 0) is 4.79 Å². The Balaban J connectivity index is 1.74. The highest BCUT2D eigenvalue weighted by Crippen LogP contribution is 2.11. The van der Waals surface area contributed by atoms with Gasteiger partial charge in [0.15, 0.2) is 0 Å². The molecular formula is C19H28N4O2. The zero-order valence-electron chi connectivity index (χ0n) is 15.4. The number of aryl methyl sites for hydroxylation is 1. The lowest BCUT2D eigenvalue weighted by atomic mass is 10.1. The summed E-state index contributed by atoms with van der Waals surface area (Å²) in [6.45, 7) is 7.99. The number of imidazole rings is 1. The summed E-state index contributed by atoms with van der Waals surface area (Å²) in [7, 11) is 0. The first-order valence-electron chi connectivity index (χ1n) is 9.08. The van der Waals surface area contributed by atoms with Gasteiger partial charge >= 0.3 is 0 Å². The van der Waals surface area contributed by atoms with Gasteiger partial charge in [-0.2, -0.15) is 0 Å². The lowest BCUT2D eigenvalue weighted by Crippen LogP contribution is -2.30. The molecule has 0 unspecified atom stereocenters. The average molecular weight is 344 g/mol. The van der Waals surface area contributed by atoms with E-state index in [-0.39, 0.29) is 11.8 Å². The number of rotatable bonds is 9. The molecule has 136 valence electrons. The van der Waals surface area contributed by atoms with Crippen LogP contribution in [0.3, 0.4) is 0 Å². The fourth-order valence-corrected chi connectivity index (χ4v) is 2.99. The van der Waals surface area contributed by atoms with E-state index in [0.717, 1.165) is 43.7 Å². The van der Waals surface area contributed by atoms with Gasteiger partial charge in [-0.15, -0.1) is 0 Å². The Morgan fingerprint density at radius 3 is 2.64 bits per heavy atom. The highest BCUT2D eigenvalue weighted by Gasteiger charge is 2.15. The quantitative estimate of drug-likeness (QED) is 0.711. The zero-order chi connectivity index (χ0) is 18.2. The second-order valence-electron chi connectivity index (χ2n) is 6.11. The van der Waals surface area contributed by atoms with Crippen molar-refractivity contribution in [1.82, 2.24) is 19.6 Å². The van der Waals surface area contributed by atoms with Gasteiger partial charge in [0.25, 0.3) is 5.91 Å². The summed E-state index contributed by atoms with van der Waals surface area (Å²) in [6.07, 6.45) is 5.09. The van der Waals surface area contributed by atoms with Gasteiger partial charge in [0.1, 0.15) is 11.3 Å². The fraction of sp³-hybridized carbons (Fsp3) is 0.526. The molecule has 2 amide bonds. The lowest BCUT2D eigenvalue weighted by molar-refractivity contribution is -0.130. The van der Waals surface area contributed by atoms with Crippen LogP contribution < -0.4 is 5.32 Å². The molecule has 0 aliphatic heterocycles. The van der Waals surface area contributed by atoms with Crippen molar-refractivity contribution in [3.05, 3.63) is 35.8 Å². The third-order valence-electron chi connectivity index (χ3n) is 4.39. The summed E-state index contributed by atoms with van der Waals surface area (Å²) in [5.74, 6) is 0.116. The van der Waals surface area contributed by atoms with Gasteiger partial charge in [-0.05, 0) is 45.7 Å². The first-order valence-corrected chi connectivity index (χ1v) is 9.08. The molecule has 0 bridgehead atoms. The fourth-order valence-electron chi connectivity index (χ4n) is 2.99. The number of hydrogen-bond donors (Lipinski definition) is 1. The number of amides is 2. The Bertz CT molecular complexity index is 719. The van der Waals surface area contributed by atoms with Crippen molar-refractivity contribution >= 4 is 17.5 Å². The molecule has 0 aromatic carbocycles. The molecule has 0 saturated carbocycles. The second kappa shape index (κ2) is 9.20. The van der Waals surface area contributed by atoms with E-state index in [2.05, 4.69) is 10.3 Å². The highest BCUT2D eigenvalue weighted by atomic mass is 16.2. The van der Waals surface area contributed by atoms with Crippen molar-refractivity contribution in [2.24, 2.45) is 0 Å². The third-order valence-corrected chi connectivity index (χ3v) is 4.39. The van der Waals surface area contributed by atoms with Crippen molar-refractivity contribution in [3.63, 3.8) is 0 Å². The van der Waals surface area contributed by atoms with E-state index in [1.807, 2.05) is 54.5 Å². The maximum atomic E-state index is 12.4. The van der Waals surface area contributed by atoms with Crippen LogP contribution in [0.4, 0.5) is 0 Å². The topological polar surface area (TPSA) is 66.7 Å². The monoisotopic (exact) mass is 344 g/mol. The number of carbonyl (C=O) groups is 2. The summed E-state index contributed by atoms with van der Waals surface area (Å²) < 4.78 is 1.81. The Kier molecular flexibility index (Phi) is 6.98. The van der Waals surface area contributed by atoms with Gasteiger partial charge in [0.2, 0.25) is 5.91 Å². The van der Waals surface area contributed by atoms with Gasteiger partial charge in [-0.3, -0.25) is 14.0 Å². The van der Waals surface area contributed by atoms with E-state index >= 15 is 0 Å². The molecule has 0 saturated heterocycles. The molecule has 2 rings (SSSR count). The van der Waals surface area contributed by atoms with Gasteiger partial charge < -0.3 is 10.2 Å². The lowest BCUT2D eigenvalue weighted by Gasteiger charge is -2.18. The Labute approximate surface area is 149 Å². The van der Waals surface area contributed by atoms with Gasteiger partial charge in [0.05, 0.1) is 5.69 Å². The van der Waals surface area contributed by atoms with Crippen molar-refractivity contribution in [2.75, 3.05) is 19.6 Å². The van der Waals surface area contributed by atoms with E-state index in [0.29, 0.717) is 18.7 Å². The van der Waals surface area contributed by atoms with E-state index in [4.69, 9.17) is 0 Å². The predicted octanol–water partition coefficient (Wildman–Crippen LogP) is 2.80. The summed E-state index contributed by atoms with van der Waals surface area (Å²) in [6, 6.07) is 5.68. The van der Waals surface area contributed by atoms with Crippen molar-refractivity contribution < 1.29 is 9.59 Å². The van der Waals surface area contributed by atoms with Crippen molar-refractivity contribution in [2.45, 2.75) is 46.5 Å². The summed E-state index contributed by atoms with van der Waals surface area (Å²) >= 11 is 0. The number of unbranched alkanes of at least 4 members (excludes halogenated alkanes) is 2. The molecule has 1 N–H and O–H groups in total. The number of aromatic nitrogens is 2. The maximum Gasteiger partial charge on any atom is 0.270 e. The minimum Gasteiger partial charge on any atom is -0.351 e. The van der Waals surface area contributed by atoms with Crippen molar-refractivity contribution in [1.29, 1.82) is 0 Å². The molecule has 2 aromatic rings. The maximum absolute atomic E-state index is 12.4. The van der Waals surface area contributed by atoms with E-state index in [9.17, 15) is 9.59 Å². The first-order chi connectivity index (χ1) is 12.1. The molecule has 0 aliphatic rings. The Morgan fingerprint density at radius 2 is 1.92 bits per heavy atom. The number of carbonyl (C=O) groups excluding carboxylic acids is 2. The average Bonchev–Trinajstić information content (AvgIpc) is 2.94. The van der Waals surface area contributed by atoms with Gasteiger partial charge in [-0.25, -0.2) is 4.98 Å². The molecule has 2 heterocycles. The molecule has 0 aliphatic carbocycles. The molecule has 0 fully saturated rings. The summed E-state index contributed by atoms with van der Waals surface area (Å²) in [5, 5.41) is 2.96. The van der Waals surface area contributed by atoms with Crippen LogP contribution in [0.15, 0.2) is 24.4 Å². The minimum absolute atomic E-state index is 0.101. The number of nitrogens with zero attached hydrogens (tertiary/aromatic N) is 3. The minimum atomic E-state index is -0.101. The van der Waals surface area contributed by atoms with Crippen LogP contribution in [0.25, 0.3) is 5.65 Å². The molecule has 6 nitrogen and oxygen atoms in total.